The zero-order valence-electron chi connectivity index (χ0n) is 34.4. The fourth-order valence-corrected chi connectivity index (χ4v) is 7.72. The van der Waals surface area contributed by atoms with Crippen LogP contribution in [0.15, 0.2) is 84.9 Å². The molecule has 0 aliphatic carbocycles. The van der Waals surface area contributed by atoms with E-state index in [9.17, 15) is 39.0 Å². The number of likely N-dealkylation sites (N-methyl/N-ethyl adjacent to an activating group) is 2. The maximum Gasteiger partial charge on any atom is 0.226 e. The number of hydrogen-bond acceptors (Lipinski definition) is 9. The first-order valence-electron chi connectivity index (χ1n) is 20.2. The Bertz CT molecular complexity index is 2230. The summed E-state index contributed by atoms with van der Waals surface area (Å²) in [6.45, 7) is 3.36. The summed E-state index contributed by atoms with van der Waals surface area (Å²) in [5.74, 6) is -4.66. The molecular formula is C47H53ClN4O8. The Morgan fingerprint density at radius 1 is 0.850 bits per heavy atom. The predicted octanol–water partition coefficient (Wildman–Crippen LogP) is 6.68. The summed E-state index contributed by atoms with van der Waals surface area (Å²) in [5.41, 5.74) is 9.28. The molecule has 12 nitrogen and oxygen atoms in total. The third-order valence-electron chi connectivity index (χ3n) is 11.1. The van der Waals surface area contributed by atoms with E-state index >= 15 is 0 Å². The molecule has 1 aliphatic heterocycles. The monoisotopic (exact) mass is 836 g/mol. The highest BCUT2D eigenvalue weighted by Gasteiger charge is 2.36. The maximum absolute atomic E-state index is 14.6. The number of fused-ring (bicyclic) bond motifs is 5. The van der Waals surface area contributed by atoms with E-state index in [1.165, 1.54) is 48.2 Å². The molecule has 0 radical (unpaired) electrons. The molecule has 0 saturated heterocycles. The third kappa shape index (κ3) is 11.0. The first-order chi connectivity index (χ1) is 28.6. The Kier molecular flexibility index (Phi) is 15.4. The molecule has 1 aliphatic rings. The van der Waals surface area contributed by atoms with Gasteiger partial charge in [-0.1, -0.05) is 80.4 Å². The molecule has 0 fully saturated rings. The van der Waals surface area contributed by atoms with Gasteiger partial charge in [-0.05, 0) is 84.5 Å². The van der Waals surface area contributed by atoms with E-state index in [0.717, 1.165) is 11.1 Å². The minimum Gasteiger partial charge on any atom is -0.507 e. The number of carbonyl (C=O) groups excluding carboxylic acids is 6. The van der Waals surface area contributed by atoms with Crippen molar-refractivity contribution >= 4 is 46.7 Å². The second-order valence-corrected chi connectivity index (χ2v) is 16.0. The van der Waals surface area contributed by atoms with Crippen molar-refractivity contribution < 1.29 is 39.0 Å². The van der Waals surface area contributed by atoms with Gasteiger partial charge in [0.2, 0.25) is 17.7 Å². The van der Waals surface area contributed by atoms with Crippen LogP contribution in [0.1, 0.15) is 79.9 Å². The Labute approximate surface area is 355 Å². The van der Waals surface area contributed by atoms with Gasteiger partial charge in [0.15, 0.2) is 17.3 Å². The van der Waals surface area contributed by atoms with Gasteiger partial charge in [-0.25, -0.2) is 0 Å². The maximum atomic E-state index is 14.6. The molecule has 60 heavy (non-hydrogen) atoms. The van der Waals surface area contributed by atoms with Crippen molar-refractivity contribution in [3.05, 3.63) is 107 Å². The Morgan fingerprint density at radius 2 is 1.47 bits per heavy atom. The molecule has 0 saturated carbocycles. The van der Waals surface area contributed by atoms with Gasteiger partial charge in [0.25, 0.3) is 0 Å². The van der Waals surface area contributed by atoms with Crippen molar-refractivity contribution in [3.8, 4) is 33.8 Å². The van der Waals surface area contributed by atoms with Crippen molar-refractivity contribution in [2.75, 3.05) is 27.2 Å². The SMILES string of the molecule is CCC(=O)N(C)CC(=O)[C@@H]1Cc2ccc(O)c(c2)-c2cc(ccc2O)[C@H](N(C)C(=O)[C@H](CCCCN)CC(=O)c2ccc(-c3ccc(Cl)cc3)cc2)C(=O)C[C@@H](C)C(=O)N1. The second kappa shape index (κ2) is 20.4. The number of carbonyl (C=O) groups is 6. The number of phenols is 2. The molecule has 5 rings (SSSR count). The molecule has 0 aromatic heterocycles. The molecule has 4 bridgehead atoms. The molecule has 0 unspecified atom stereocenters. The second-order valence-electron chi connectivity index (χ2n) is 15.6. The molecule has 0 spiro atoms. The zero-order valence-corrected chi connectivity index (χ0v) is 35.2. The van der Waals surface area contributed by atoms with Crippen LogP contribution in [0.4, 0.5) is 0 Å². The molecule has 316 valence electrons. The number of hydrogen-bond donors (Lipinski definition) is 4. The lowest BCUT2D eigenvalue weighted by molar-refractivity contribution is -0.142. The van der Waals surface area contributed by atoms with Gasteiger partial charge >= 0.3 is 0 Å². The van der Waals surface area contributed by atoms with Gasteiger partial charge < -0.3 is 31.1 Å². The molecule has 1 heterocycles. The van der Waals surface area contributed by atoms with Gasteiger partial charge in [0.05, 0.1) is 12.6 Å². The van der Waals surface area contributed by atoms with Gasteiger partial charge in [0, 0.05) is 66.9 Å². The molecule has 4 atom stereocenters. The summed E-state index contributed by atoms with van der Waals surface area (Å²) >= 11 is 6.05. The lowest BCUT2D eigenvalue weighted by atomic mass is 9.87. The van der Waals surface area contributed by atoms with E-state index in [-0.39, 0.29) is 66.5 Å². The predicted molar refractivity (Wildman–Crippen MR) is 230 cm³/mol. The highest BCUT2D eigenvalue weighted by molar-refractivity contribution is 6.30. The largest absolute Gasteiger partial charge is 0.507 e. The van der Waals surface area contributed by atoms with Crippen LogP contribution in [-0.4, -0.2) is 88.3 Å². The normalized spacial score (nSPS) is 17.2. The van der Waals surface area contributed by atoms with Crippen LogP contribution < -0.4 is 11.1 Å². The number of rotatable bonds is 14. The number of nitrogens with two attached hydrogens (primary N) is 1. The smallest absolute Gasteiger partial charge is 0.226 e. The van der Waals surface area contributed by atoms with Crippen LogP contribution in [0.5, 0.6) is 11.5 Å². The van der Waals surface area contributed by atoms with E-state index < -0.39 is 47.3 Å². The van der Waals surface area contributed by atoms with Gasteiger partial charge in [-0.15, -0.1) is 0 Å². The van der Waals surface area contributed by atoms with Crippen LogP contribution in [0.25, 0.3) is 22.3 Å². The first-order valence-corrected chi connectivity index (χ1v) is 20.6. The van der Waals surface area contributed by atoms with E-state index in [1.54, 1.807) is 50.2 Å². The van der Waals surface area contributed by atoms with Gasteiger partial charge in [0.1, 0.15) is 17.5 Å². The number of amides is 3. The molecule has 3 amide bonds. The summed E-state index contributed by atoms with van der Waals surface area (Å²) in [7, 11) is 2.98. The van der Waals surface area contributed by atoms with Crippen LogP contribution in [0.3, 0.4) is 0 Å². The number of unbranched alkanes of at least 4 members (excludes halogenated alkanes) is 1. The minimum atomic E-state index is -1.27. The molecule has 4 aromatic rings. The van der Waals surface area contributed by atoms with Gasteiger partial charge in [-0.2, -0.15) is 0 Å². The number of benzene rings is 4. The number of phenolic OH excluding ortho intramolecular Hbond substituents is 2. The molecule has 13 heteroatoms. The number of ketones is 3. The first kappa shape index (κ1) is 45.2. The number of aromatic hydroxyl groups is 2. The summed E-state index contributed by atoms with van der Waals surface area (Å²) in [4.78, 5) is 85.2. The third-order valence-corrected chi connectivity index (χ3v) is 11.4. The average molecular weight is 837 g/mol. The fourth-order valence-electron chi connectivity index (χ4n) is 7.59. The highest BCUT2D eigenvalue weighted by Crippen LogP contribution is 2.40. The lowest BCUT2D eigenvalue weighted by Gasteiger charge is -2.32. The van der Waals surface area contributed by atoms with Crippen LogP contribution in [-0.2, 0) is 30.4 Å². The summed E-state index contributed by atoms with van der Waals surface area (Å²) < 4.78 is 0. The number of nitrogens with zero attached hydrogens (tertiary/aromatic N) is 2. The topological polar surface area (TPSA) is 187 Å². The number of Topliss-reactive ketones (excluding diaryl/α,β-unsaturated/α-hetero) is 3. The van der Waals surface area contributed by atoms with E-state index in [4.69, 9.17) is 17.3 Å². The van der Waals surface area contributed by atoms with Crippen molar-refractivity contribution in [2.45, 2.75) is 70.9 Å². The van der Waals surface area contributed by atoms with E-state index in [1.807, 2.05) is 24.3 Å². The average Bonchev–Trinajstić information content (AvgIpc) is 3.23. The Morgan fingerprint density at radius 3 is 2.10 bits per heavy atom. The summed E-state index contributed by atoms with van der Waals surface area (Å²) in [5, 5.41) is 25.6. The summed E-state index contributed by atoms with van der Waals surface area (Å²) in [6, 6.07) is 21.1. The van der Waals surface area contributed by atoms with Gasteiger partial charge in [-0.3, -0.25) is 28.8 Å². The highest BCUT2D eigenvalue weighted by atomic mass is 35.5. The summed E-state index contributed by atoms with van der Waals surface area (Å²) in [6.07, 6.45) is 1.23. The van der Waals surface area contributed by atoms with Crippen molar-refractivity contribution in [2.24, 2.45) is 17.6 Å². The van der Waals surface area contributed by atoms with Crippen LogP contribution in [0.2, 0.25) is 5.02 Å². The van der Waals surface area contributed by atoms with Crippen LogP contribution >= 0.6 is 11.6 Å². The quantitative estimate of drug-likeness (QED) is 0.0794. The van der Waals surface area contributed by atoms with Crippen molar-refractivity contribution in [3.63, 3.8) is 0 Å². The van der Waals surface area contributed by atoms with Crippen molar-refractivity contribution in [1.29, 1.82) is 0 Å². The Hall–Kier alpha value is -5.85. The number of halogens is 1. The zero-order chi connectivity index (χ0) is 43.7. The van der Waals surface area contributed by atoms with E-state index in [2.05, 4.69) is 5.32 Å². The van der Waals surface area contributed by atoms with E-state index in [0.29, 0.717) is 47.5 Å². The van der Waals surface area contributed by atoms with Crippen LogP contribution in [0, 0.1) is 11.8 Å². The van der Waals surface area contributed by atoms with Crippen molar-refractivity contribution in [1.82, 2.24) is 15.1 Å². The molecule has 4 aromatic carbocycles. The standard InChI is InChI=1S/C47H53ClN4O8/c1-5-44(58)51(3)27-43(57)38-24-29-9-19-39(53)36(23-29)37-25-33(16-20-40(37)54)45(42(56)22-28(2)46(59)50-38)52(4)47(60)34(8-6-7-21-49)26-41(55)32-12-10-30(11-13-32)31-14-17-35(48)18-15-31/h9-20,23,25,28,34,38,45,53-54H,5-8,21-22,24,26-27,49H2,1-4H3,(H,50,59)/t28-,34-,38+,45+/m1/s1. The molecule has 5 N–H and O–H groups in total. The minimum absolute atomic E-state index is 0.00372. The Balaban J connectivity index is 1.49. The number of nitrogens with one attached hydrogen (secondary N) is 1. The lowest BCUT2D eigenvalue weighted by Crippen LogP contribution is -2.49. The molecular weight excluding hydrogens is 784 g/mol. The fraction of sp³-hybridized carbons (Fsp3) is 0.362.